The molecule has 0 heterocycles. The van der Waals surface area contributed by atoms with Crippen LogP contribution in [0.4, 0.5) is 87.8 Å². The van der Waals surface area contributed by atoms with Crippen molar-refractivity contribution in [1.82, 2.24) is 0 Å². The molecule has 1 nitrogen and oxygen atoms in total. The summed E-state index contributed by atoms with van der Waals surface area (Å²) in [5.41, 5.74) is -11.4. The van der Waals surface area contributed by atoms with E-state index in [4.69, 9.17) is 4.74 Å². The van der Waals surface area contributed by atoms with Crippen LogP contribution in [0.15, 0.2) is 91.0 Å². The molecule has 0 bridgehead atoms. The smallest absolute Gasteiger partial charge is 0.200 e. The summed E-state index contributed by atoms with van der Waals surface area (Å²) in [7, 11) is 1.84. The SMILES string of the molecule is Fc1c(F)c(F)c([B-](c2c(F)c(F)c(F)c(F)c2F)(c2c(F)c(F)c(F)c(F)c2F)c2c(F)c(F)c(F)c(F)c2F)c(F)c1F.[PH3+]COC(c1ccccc1)(c1ccccc1)c1ccccc1. The second-order valence-corrected chi connectivity index (χ2v) is 14.3. The first kappa shape index (κ1) is 50.0. The van der Waals surface area contributed by atoms with E-state index in [-0.39, 0.29) is 0 Å². The van der Waals surface area contributed by atoms with E-state index in [1.807, 2.05) is 27.4 Å². The maximum absolute atomic E-state index is 15.4. The van der Waals surface area contributed by atoms with E-state index in [1.54, 1.807) is 0 Å². The van der Waals surface area contributed by atoms with Crippen LogP contribution in [0.3, 0.4) is 0 Å². The summed E-state index contributed by atoms with van der Waals surface area (Å²) in [5, 5.41) is 0. The first-order valence-electron chi connectivity index (χ1n) is 18.4. The Morgan fingerprint density at radius 1 is 0.284 bits per heavy atom. The minimum Gasteiger partial charge on any atom is -0.326 e. The van der Waals surface area contributed by atoms with Crippen LogP contribution in [0.1, 0.15) is 16.7 Å². The number of ether oxygens (including phenoxy) is 1. The molecular weight excluding hydrogens is 966 g/mol. The van der Waals surface area contributed by atoms with Crippen molar-refractivity contribution in [3.63, 3.8) is 0 Å². The van der Waals surface area contributed by atoms with E-state index in [1.165, 1.54) is 0 Å². The van der Waals surface area contributed by atoms with Gasteiger partial charge < -0.3 is 4.74 Å². The van der Waals surface area contributed by atoms with Gasteiger partial charge in [-0.3, -0.25) is 0 Å². The van der Waals surface area contributed by atoms with Crippen molar-refractivity contribution >= 4 is 37.2 Å². The predicted octanol–water partition coefficient (Wildman–Crippen LogP) is 10.4. The molecule has 0 spiro atoms. The highest BCUT2D eigenvalue weighted by Gasteiger charge is 2.52. The van der Waals surface area contributed by atoms with Gasteiger partial charge in [0.05, 0.1) is 0 Å². The van der Waals surface area contributed by atoms with Gasteiger partial charge in [-0.2, -0.15) is 0 Å². The van der Waals surface area contributed by atoms with Crippen molar-refractivity contribution in [1.29, 1.82) is 0 Å². The Labute approximate surface area is 365 Å². The van der Waals surface area contributed by atoms with Gasteiger partial charge in [0.2, 0.25) is 0 Å². The highest BCUT2D eigenvalue weighted by atomic mass is 31.0. The summed E-state index contributed by atoms with van der Waals surface area (Å²) >= 11 is 0. The lowest BCUT2D eigenvalue weighted by atomic mass is 9.12. The zero-order valence-corrected chi connectivity index (χ0v) is 34.0. The third-order valence-corrected chi connectivity index (χ3v) is 10.8. The molecule has 0 fully saturated rings. The summed E-state index contributed by atoms with van der Waals surface area (Å²) in [6.45, 7) is 0. The van der Waals surface area contributed by atoms with Gasteiger partial charge in [0.1, 0.15) is 58.3 Å². The average Bonchev–Trinajstić information content (AvgIpc) is 3.34. The molecule has 7 aromatic rings. The van der Waals surface area contributed by atoms with Crippen LogP contribution in [-0.2, 0) is 10.3 Å². The van der Waals surface area contributed by atoms with Gasteiger partial charge in [-0.1, -0.05) is 91.0 Å². The zero-order valence-electron chi connectivity index (χ0n) is 32.6. The molecule has 0 amide bonds. The molecule has 350 valence electrons. The molecule has 67 heavy (non-hydrogen) atoms. The lowest BCUT2D eigenvalue weighted by Crippen LogP contribution is -2.81. The summed E-state index contributed by atoms with van der Waals surface area (Å²) in [6, 6.07) is 31.3. The van der Waals surface area contributed by atoms with E-state index < -0.39 is 150 Å². The van der Waals surface area contributed by atoms with Gasteiger partial charge in [0.15, 0.2) is 76.2 Å². The van der Waals surface area contributed by atoms with E-state index in [9.17, 15) is 52.7 Å². The third-order valence-electron chi connectivity index (χ3n) is 10.6. The van der Waals surface area contributed by atoms with Crippen LogP contribution in [0, 0.1) is 116 Å². The zero-order chi connectivity index (χ0) is 49.6. The van der Waals surface area contributed by atoms with Crippen LogP contribution in [-0.4, -0.2) is 12.5 Å². The molecule has 0 aliphatic carbocycles. The quantitative estimate of drug-likeness (QED) is 0.0350. The molecule has 1 unspecified atom stereocenters. The van der Waals surface area contributed by atoms with E-state index in [0.717, 1.165) is 16.7 Å². The van der Waals surface area contributed by atoms with Gasteiger partial charge in [0.25, 0.3) is 0 Å². The molecule has 7 rings (SSSR count). The van der Waals surface area contributed by atoms with Gasteiger partial charge in [-0.15, -0.1) is 21.9 Å². The lowest BCUT2D eigenvalue weighted by molar-refractivity contribution is 0.0464. The summed E-state index contributed by atoms with van der Waals surface area (Å²) < 4.78 is 300. The summed E-state index contributed by atoms with van der Waals surface area (Å²) in [4.78, 5) is 0. The molecule has 1 atom stereocenters. The summed E-state index contributed by atoms with van der Waals surface area (Å²) in [6.07, 6.45) is -6.55. The first-order valence-corrected chi connectivity index (χ1v) is 19.4. The Balaban J connectivity index is 0.000000279. The molecule has 0 aromatic heterocycles. The standard InChI is InChI=1S/C24BF20.C20H19OP/c26-5-1(6(27)14(35)21(42)13(5)34)25(2-7(28)15(36)22(43)16(37)8(2)29,3-9(30)17(38)23(44)18(39)10(3)31)4-11(32)19(40)24(45)20(41)12(4)33;22-16-21-20(17-10-4-1-5-11-17,18-12-6-2-7-13-18)19-14-8-3-9-15-19/h;1-15H,16,22H2/q-1;/p+1. The van der Waals surface area contributed by atoms with Crippen LogP contribution < -0.4 is 21.9 Å². The molecule has 0 radical (unpaired) electrons. The van der Waals surface area contributed by atoms with Gasteiger partial charge in [-0.05, 0) is 16.7 Å². The third kappa shape index (κ3) is 7.76. The van der Waals surface area contributed by atoms with Crippen LogP contribution in [0.2, 0.25) is 0 Å². The van der Waals surface area contributed by atoms with E-state index in [0.29, 0.717) is 6.35 Å². The highest BCUT2D eigenvalue weighted by molar-refractivity contribution is 7.20. The Bertz CT molecular complexity index is 2550. The average molecular weight is 986 g/mol. The lowest BCUT2D eigenvalue weighted by Gasteiger charge is -2.44. The fourth-order valence-corrected chi connectivity index (χ4v) is 8.10. The number of hydrogen-bond donors (Lipinski definition) is 0. The first-order chi connectivity index (χ1) is 31.6. The number of hydrogen-bond acceptors (Lipinski definition) is 1. The molecule has 0 aliphatic rings. The number of halogens is 20. The molecular formula is C44H20BF20OP. The molecule has 0 aliphatic heterocycles. The summed E-state index contributed by atoms with van der Waals surface area (Å²) in [5.74, 6) is -71.4. The molecule has 0 saturated heterocycles. The highest BCUT2D eigenvalue weighted by Crippen LogP contribution is 2.41. The fraction of sp³-hybridized carbons (Fsp3) is 0.0455. The van der Waals surface area contributed by atoms with Crippen molar-refractivity contribution in [2.45, 2.75) is 5.60 Å². The van der Waals surface area contributed by atoms with Crippen LogP contribution >= 0.6 is 9.24 Å². The predicted molar refractivity (Wildman–Crippen MR) is 205 cm³/mol. The van der Waals surface area contributed by atoms with Gasteiger partial charge >= 0.3 is 0 Å². The topological polar surface area (TPSA) is 9.23 Å². The van der Waals surface area contributed by atoms with Crippen molar-refractivity contribution in [2.24, 2.45) is 0 Å². The van der Waals surface area contributed by atoms with Crippen LogP contribution in [0.25, 0.3) is 0 Å². The maximum Gasteiger partial charge on any atom is 0.200 e. The van der Waals surface area contributed by atoms with E-state index in [2.05, 4.69) is 72.8 Å². The van der Waals surface area contributed by atoms with Gasteiger partial charge in [0, 0.05) is 9.24 Å². The Morgan fingerprint density at radius 3 is 0.612 bits per heavy atom. The Hall–Kier alpha value is -6.41. The van der Waals surface area contributed by atoms with Crippen molar-refractivity contribution in [3.05, 3.63) is 224 Å². The van der Waals surface area contributed by atoms with E-state index >= 15 is 35.1 Å². The Kier molecular flexibility index (Phi) is 14.2. The number of benzene rings is 7. The van der Waals surface area contributed by atoms with Crippen molar-refractivity contribution in [3.8, 4) is 0 Å². The molecule has 23 heteroatoms. The molecule has 0 N–H and O–H groups in total. The molecule has 0 saturated carbocycles. The van der Waals surface area contributed by atoms with Crippen molar-refractivity contribution < 1.29 is 92.5 Å². The minimum atomic E-state index is -7.22. The monoisotopic (exact) mass is 986 g/mol. The largest absolute Gasteiger partial charge is 0.326 e. The van der Waals surface area contributed by atoms with Gasteiger partial charge in [-0.25, -0.2) is 87.8 Å². The second kappa shape index (κ2) is 19.1. The normalized spacial score (nSPS) is 11.8. The minimum absolute atomic E-state index is 0.564. The fourth-order valence-electron chi connectivity index (χ4n) is 7.80. The Morgan fingerprint density at radius 2 is 0.448 bits per heavy atom. The maximum atomic E-state index is 15.4. The van der Waals surface area contributed by atoms with Crippen molar-refractivity contribution in [2.75, 3.05) is 6.35 Å². The second-order valence-electron chi connectivity index (χ2n) is 13.9. The number of rotatable bonds is 9. The van der Waals surface area contributed by atoms with Crippen LogP contribution in [0.5, 0.6) is 0 Å². The molecule has 7 aromatic carbocycles.